The number of rotatable bonds is 3. The Morgan fingerprint density at radius 2 is 2.09 bits per heavy atom. The number of carbonyl (C=O) groups is 1. The molecular formula is C15H8BrN3O4. The molecule has 0 bridgehead atoms. The van der Waals surface area contributed by atoms with Crippen LogP contribution in [0.15, 0.2) is 57.9 Å². The molecule has 0 fully saturated rings. The maximum atomic E-state index is 11.9. The fourth-order valence-corrected chi connectivity index (χ4v) is 2.31. The highest BCUT2D eigenvalue weighted by Crippen LogP contribution is 2.22. The number of non-ortho nitro benzene ring substituents is 1. The van der Waals surface area contributed by atoms with E-state index in [0.717, 1.165) is 4.47 Å². The predicted octanol–water partition coefficient (Wildman–Crippen LogP) is 3.10. The molecule has 2 aromatic rings. The van der Waals surface area contributed by atoms with Gasteiger partial charge in [0.1, 0.15) is 0 Å². The first-order chi connectivity index (χ1) is 11.0. The van der Waals surface area contributed by atoms with Crippen molar-refractivity contribution >= 4 is 39.6 Å². The van der Waals surface area contributed by atoms with Crippen molar-refractivity contribution in [3.05, 3.63) is 74.1 Å². The first kappa shape index (κ1) is 15.0. The van der Waals surface area contributed by atoms with Gasteiger partial charge < -0.3 is 4.74 Å². The van der Waals surface area contributed by atoms with E-state index < -0.39 is 10.9 Å². The van der Waals surface area contributed by atoms with Crippen LogP contribution in [0.2, 0.25) is 0 Å². The number of hydrogen-bond donors (Lipinski definition) is 0. The zero-order valence-corrected chi connectivity index (χ0v) is 13.1. The molecule has 8 heteroatoms. The molecule has 23 heavy (non-hydrogen) atoms. The highest BCUT2D eigenvalue weighted by atomic mass is 79.9. The van der Waals surface area contributed by atoms with E-state index in [1.807, 2.05) is 0 Å². The lowest BCUT2D eigenvalue weighted by molar-refractivity contribution is -0.384. The molecule has 1 aliphatic rings. The van der Waals surface area contributed by atoms with Gasteiger partial charge in [0.05, 0.1) is 10.5 Å². The van der Waals surface area contributed by atoms with Crippen LogP contribution in [0.5, 0.6) is 0 Å². The van der Waals surface area contributed by atoms with E-state index in [0.29, 0.717) is 11.1 Å². The number of carbonyl (C=O) groups excluding carboxylic acids is 1. The van der Waals surface area contributed by atoms with E-state index in [1.165, 1.54) is 30.5 Å². The molecule has 0 radical (unpaired) electrons. The minimum Gasteiger partial charge on any atom is -0.402 e. The van der Waals surface area contributed by atoms with Crippen LogP contribution in [-0.4, -0.2) is 21.8 Å². The molecular weight excluding hydrogens is 366 g/mol. The van der Waals surface area contributed by atoms with Crippen LogP contribution in [0.1, 0.15) is 11.1 Å². The lowest BCUT2D eigenvalue weighted by atomic mass is 10.1. The molecule has 0 amide bonds. The minimum atomic E-state index is -0.619. The van der Waals surface area contributed by atoms with Gasteiger partial charge in [-0.3, -0.25) is 15.1 Å². The van der Waals surface area contributed by atoms with Crippen LogP contribution >= 0.6 is 15.9 Å². The molecule has 1 aliphatic heterocycles. The number of ether oxygens (including phenoxy) is 1. The van der Waals surface area contributed by atoms with Gasteiger partial charge in [-0.15, -0.1) is 0 Å². The van der Waals surface area contributed by atoms with Gasteiger partial charge in [0.25, 0.3) is 5.69 Å². The number of esters is 1. The van der Waals surface area contributed by atoms with E-state index in [-0.39, 0.29) is 17.3 Å². The summed E-state index contributed by atoms with van der Waals surface area (Å²) >= 11 is 3.28. The third-order valence-electron chi connectivity index (χ3n) is 2.96. The largest absolute Gasteiger partial charge is 0.402 e. The molecule has 0 saturated carbocycles. The maximum absolute atomic E-state index is 11.9. The van der Waals surface area contributed by atoms with Crippen molar-refractivity contribution in [3.8, 4) is 0 Å². The van der Waals surface area contributed by atoms with E-state index in [4.69, 9.17) is 4.74 Å². The third kappa shape index (κ3) is 3.32. The quantitative estimate of drug-likeness (QED) is 0.356. The summed E-state index contributed by atoms with van der Waals surface area (Å²) in [6.07, 6.45) is 4.56. The van der Waals surface area contributed by atoms with Gasteiger partial charge in [0.2, 0.25) is 5.90 Å². The third-order valence-corrected chi connectivity index (χ3v) is 3.39. The van der Waals surface area contributed by atoms with Crippen molar-refractivity contribution in [1.82, 2.24) is 4.98 Å². The molecule has 0 N–H and O–H groups in total. The maximum Gasteiger partial charge on any atom is 0.363 e. The van der Waals surface area contributed by atoms with Crippen molar-refractivity contribution in [1.29, 1.82) is 0 Å². The first-order valence-corrected chi connectivity index (χ1v) is 7.20. The fourth-order valence-electron chi connectivity index (χ4n) is 1.95. The van der Waals surface area contributed by atoms with Crippen molar-refractivity contribution < 1.29 is 14.5 Å². The smallest absolute Gasteiger partial charge is 0.363 e. The van der Waals surface area contributed by atoms with Crippen molar-refractivity contribution in [3.63, 3.8) is 0 Å². The topological polar surface area (TPSA) is 94.7 Å². The lowest BCUT2D eigenvalue weighted by Gasteiger charge is -1.98. The standard InChI is InChI=1S/C15H8BrN3O4/c16-11-6-10(7-17-8-11)14-18-13(15(20)23-14)5-9-2-1-3-12(4-9)19(21)22/h1-8H. The van der Waals surface area contributed by atoms with Crippen molar-refractivity contribution in [2.75, 3.05) is 0 Å². The second-order valence-corrected chi connectivity index (χ2v) is 5.50. The molecule has 3 rings (SSSR count). The molecule has 0 atom stereocenters. The number of pyridine rings is 1. The molecule has 0 spiro atoms. The van der Waals surface area contributed by atoms with E-state index in [9.17, 15) is 14.9 Å². The number of nitrogens with zero attached hydrogens (tertiary/aromatic N) is 3. The molecule has 1 aromatic heterocycles. The number of nitro groups is 1. The molecule has 0 aliphatic carbocycles. The summed E-state index contributed by atoms with van der Waals surface area (Å²) in [5.41, 5.74) is 1.05. The van der Waals surface area contributed by atoms with E-state index in [2.05, 4.69) is 25.9 Å². The normalized spacial score (nSPS) is 15.4. The number of benzene rings is 1. The zero-order valence-electron chi connectivity index (χ0n) is 11.5. The summed E-state index contributed by atoms with van der Waals surface area (Å²) < 4.78 is 5.84. The summed E-state index contributed by atoms with van der Waals surface area (Å²) in [4.78, 5) is 30.3. The summed E-state index contributed by atoms with van der Waals surface area (Å²) in [6, 6.07) is 7.62. The Labute approximate surface area is 138 Å². The number of halogens is 1. The summed E-state index contributed by atoms with van der Waals surface area (Å²) in [6.45, 7) is 0. The van der Waals surface area contributed by atoms with Crippen LogP contribution in [0.25, 0.3) is 6.08 Å². The Hall–Kier alpha value is -2.87. The summed E-state index contributed by atoms with van der Waals surface area (Å²) in [5.74, 6) is -0.480. The average molecular weight is 374 g/mol. The van der Waals surface area contributed by atoms with Gasteiger partial charge in [0, 0.05) is 29.0 Å². The van der Waals surface area contributed by atoms with E-state index in [1.54, 1.807) is 18.3 Å². The molecule has 114 valence electrons. The van der Waals surface area contributed by atoms with Crippen molar-refractivity contribution in [2.45, 2.75) is 0 Å². The lowest BCUT2D eigenvalue weighted by Crippen LogP contribution is -2.05. The van der Waals surface area contributed by atoms with Gasteiger partial charge >= 0.3 is 5.97 Å². The number of aliphatic imine (C=N–C) groups is 1. The Balaban J connectivity index is 1.95. The SMILES string of the molecule is O=C1OC(c2cncc(Br)c2)=NC1=Cc1cccc([N+](=O)[O-])c1. The monoisotopic (exact) mass is 373 g/mol. The van der Waals surface area contributed by atoms with Crippen molar-refractivity contribution in [2.24, 2.45) is 4.99 Å². The van der Waals surface area contributed by atoms with Gasteiger partial charge in [-0.1, -0.05) is 12.1 Å². The summed E-state index contributed by atoms with van der Waals surface area (Å²) in [7, 11) is 0. The number of nitro benzene ring substituents is 1. The second-order valence-electron chi connectivity index (χ2n) is 4.58. The van der Waals surface area contributed by atoms with Crippen LogP contribution in [0.3, 0.4) is 0 Å². The average Bonchev–Trinajstić information content (AvgIpc) is 2.89. The number of cyclic esters (lactones) is 1. The molecule has 1 aromatic carbocycles. The van der Waals surface area contributed by atoms with Crippen LogP contribution in [0, 0.1) is 10.1 Å². The number of hydrogen-bond acceptors (Lipinski definition) is 6. The zero-order chi connectivity index (χ0) is 16.4. The molecule has 7 nitrogen and oxygen atoms in total. The minimum absolute atomic E-state index is 0.0638. The molecule has 0 unspecified atom stereocenters. The van der Waals surface area contributed by atoms with Gasteiger partial charge in [-0.05, 0) is 33.6 Å². The van der Waals surface area contributed by atoms with Gasteiger partial charge in [-0.2, -0.15) is 0 Å². The molecule has 0 saturated heterocycles. The number of aromatic nitrogens is 1. The highest BCUT2D eigenvalue weighted by molar-refractivity contribution is 9.10. The Bertz CT molecular complexity index is 877. The van der Waals surface area contributed by atoms with Crippen LogP contribution in [-0.2, 0) is 9.53 Å². The van der Waals surface area contributed by atoms with E-state index >= 15 is 0 Å². The Morgan fingerprint density at radius 1 is 1.26 bits per heavy atom. The van der Waals surface area contributed by atoms with Crippen LogP contribution in [0.4, 0.5) is 5.69 Å². The van der Waals surface area contributed by atoms with Crippen LogP contribution < -0.4 is 0 Å². The summed E-state index contributed by atoms with van der Waals surface area (Å²) in [5, 5.41) is 10.8. The second kappa shape index (κ2) is 6.09. The predicted molar refractivity (Wildman–Crippen MR) is 85.6 cm³/mol. The molecule has 2 heterocycles. The van der Waals surface area contributed by atoms with Gasteiger partial charge in [0.15, 0.2) is 5.70 Å². The first-order valence-electron chi connectivity index (χ1n) is 6.41. The fraction of sp³-hybridized carbons (Fsp3) is 0. The Morgan fingerprint density at radius 3 is 2.83 bits per heavy atom. The Kier molecular flexibility index (Phi) is 3.98. The van der Waals surface area contributed by atoms with Gasteiger partial charge in [-0.25, -0.2) is 9.79 Å². The highest BCUT2D eigenvalue weighted by Gasteiger charge is 2.24.